The minimum atomic E-state index is 0.787. The van der Waals surface area contributed by atoms with Crippen LogP contribution in [0.4, 0.5) is 0 Å². The zero-order valence-electron chi connectivity index (χ0n) is 11.1. The maximum Gasteiger partial charge on any atom is 0.0117 e. The summed E-state index contributed by atoms with van der Waals surface area (Å²) in [6.07, 6.45) is 3.81. The number of likely N-dealkylation sites (N-methyl/N-ethyl adjacent to an activating group) is 1. The van der Waals surface area contributed by atoms with Gasteiger partial charge < -0.3 is 9.80 Å². The molecule has 1 fully saturated rings. The van der Waals surface area contributed by atoms with Gasteiger partial charge in [-0.05, 0) is 52.0 Å². The maximum atomic E-state index is 2.54. The van der Waals surface area contributed by atoms with E-state index in [0.717, 1.165) is 6.04 Å². The van der Waals surface area contributed by atoms with Crippen LogP contribution in [0.5, 0.6) is 0 Å². The summed E-state index contributed by atoms with van der Waals surface area (Å²) in [4.78, 5) is 4.97. The zero-order valence-corrected chi connectivity index (χ0v) is 11.1. The highest BCUT2D eigenvalue weighted by Crippen LogP contribution is 2.14. The minimum absolute atomic E-state index is 0.787. The fraction of sp³-hybridized carbons (Fsp3) is 0.600. The van der Waals surface area contributed by atoms with E-state index in [4.69, 9.17) is 0 Å². The Labute approximate surface area is 105 Å². The van der Waals surface area contributed by atoms with Crippen LogP contribution in [-0.2, 0) is 6.42 Å². The van der Waals surface area contributed by atoms with Crippen molar-refractivity contribution in [2.24, 2.45) is 0 Å². The first-order valence-electron chi connectivity index (χ1n) is 6.68. The molecule has 0 N–H and O–H groups in total. The van der Waals surface area contributed by atoms with Gasteiger partial charge in [-0.1, -0.05) is 30.3 Å². The van der Waals surface area contributed by atoms with Gasteiger partial charge in [0.15, 0.2) is 0 Å². The van der Waals surface area contributed by atoms with Crippen molar-refractivity contribution in [3.8, 4) is 0 Å². The molecule has 17 heavy (non-hydrogen) atoms. The Morgan fingerprint density at radius 3 is 2.47 bits per heavy atom. The molecule has 0 amide bonds. The van der Waals surface area contributed by atoms with Crippen LogP contribution in [0.25, 0.3) is 0 Å². The summed E-state index contributed by atoms with van der Waals surface area (Å²) < 4.78 is 0. The fourth-order valence-corrected chi connectivity index (χ4v) is 2.57. The van der Waals surface area contributed by atoms with Crippen molar-refractivity contribution in [1.82, 2.24) is 9.80 Å². The molecule has 94 valence electrons. The molecule has 1 aliphatic rings. The molecular weight excluding hydrogens is 208 g/mol. The summed E-state index contributed by atoms with van der Waals surface area (Å²) in [6.45, 7) is 3.68. The van der Waals surface area contributed by atoms with E-state index in [0.29, 0.717) is 0 Å². The van der Waals surface area contributed by atoms with Crippen LogP contribution in [-0.4, -0.2) is 49.6 Å². The van der Waals surface area contributed by atoms with Gasteiger partial charge in [0.25, 0.3) is 0 Å². The average Bonchev–Trinajstić information content (AvgIpc) is 2.38. The molecule has 1 aliphatic heterocycles. The van der Waals surface area contributed by atoms with E-state index in [1.165, 1.54) is 44.5 Å². The lowest BCUT2D eigenvalue weighted by Gasteiger charge is -2.35. The van der Waals surface area contributed by atoms with Crippen LogP contribution in [0.1, 0.15) is 18.4 Å². The number of benzene rings is 1. The van der Waals surface area contributed by atoms with E-state index in [1.54, 1.807) is 0 Å². The van der Waals surface area contributed by atoms with E-state index >= 15 is 0 Å². The molecule has 0 atom stereocenters. The number of piperidine rings is 1. The van der Waals surface area contributed by atoms with Gasteiger partial charge in [0.05, 0.1) is 0 Å². The second kappa shape index (κ2) is 6.18. The summed E-state index contributed by atoms with van der Waals surface area (Å²) in [5, 5.41) is 0. The van der Waals surface area contributed by atoms with Crippen molar-refractivity contribution in [3.63, 3.8) is 0 Å². The van der Waals surface area contributed by atoms with Gasteiger partial charge in [0, 0.05) is 12.6 Å². The molecule has 0 bridgehead atoms. The molecule has 0 aliphatic carbocycles. The van der Waals surface area contributed by atoms with Gasteiger partial charge >= 0.3 is 0 Å². The number of hydrogen-bond donors (Lipinski definition) is 0. The van der Waals surface area contributed by atoms with Gasteiger partial charge in [0.2, 0.25) is 0 Å². The fourth-order valence-electron chi connectivity index (χ4n) is 2.57. The molecule has 2 rings (SSSR count). The van der Waals surface area contributed by atoms with Crippen LogP contribution in [0.3, 0.4) is 0 Å². The Bertz CT molecular complexity index is 315. The maximum absolute atomic E-state index is 2.54. The first kappa shape index (κ1) is 12.6. The SMILES string of the molecule is CN1CCC(N(C)CCc2ccccc2)CC1. The molecule has 1 heterocycles. The van der Waals surface area contributed by atoms with Gasteiger partial charge in [-0.25, -0.2) is 0 Å². The molecule has 0 saturated carbocycles. The molecular formula is C15H24N2. The summed E-state index contributed by atoms with van der Waals surface area (Å²) in [5.74, 6) is 0. The molecule has 0 unspecified atom stereocenters. The Morgan fingerprint density at radius 1 is 1.18 bits per heavy atom. The monoisotopic (exact) mass is 232 g/mol. The molecule has 0 radical (unpaired) electrons. The molecule has 1 saturated heterocycles. The largest absolute Gasteiger partial charge is 0.306 e. The first-order valence-corrected chi connectivity index (χ1v) is 6.68. The lowest BCUT2D eigenvalue weighted by molar-refractivity contribution is 0.145. The molecule has 2 nitrogen and oxygen atoms in total. The quantitative estimate of drug-likeness (QED) is 0.785. The second-order valence-corrected chi connectivity index (χ2v) is 5.25. The topological polar surface area (TPSA) is 6.48 Å². The average molecular weight is 232 g/mol. The van der Waals surface area contributed by atoms with E-state index < -0.39 is 0 Å². The standard InChI is InChI=1S/C15H24N2/c1-16-11-9-15(10-12-16)17(2)13-8-14-6-4-3-5-7-14/h3-7,15H,8-13H2,1-2H3. The van der Waals surface area contributed by atoms with E-state index in [1.807, 2.05) is 0 Å². The Kier molecular flexibility index (Phi) is 4.57. The van der Waals surface area contributed by atoms with E-state index in [2.05, 4.69) is 54.2 Å². The highest BCUT2D eigenvalue weighted by atomic mass is 15.2. The summed E-state index contributed by atoms with van der Waals surface area (Å²) in [7, 11) is 4.50. The third kappa shape index (κ3) is 3.83. The smallest absolute Gasteiger partial charge is 0.0117 e. The van der Waals surface area contributed by atoms with Crippen molar-refractivity contribution in [2.75, 3.05) is 33.7 Å². The van der Waals surface area contributed by atoms with Crippen molar-refractivity contribution in [1.29, 1.82) is 0 Å². The lowest BCUT2D eigenvalue weighted by atomic mass is 10.0. The second-order valence-electron chi connectivity index (χ2n) is 5.25. The molecule has 1 aromatic carbocycles. The van der Waals surface area contributed by atoms with Crippen LogP contribution in [0, 0.1) is 0 Å². The summed E-state index contributed by atoms with van der Waals surface area (Å²) in [6, 6.07) is 11.6. The summed E-state index contributed by atoms with van der Waals surface area (Å²) in [5.41, 5.74) is 1.45. The van der Waals surface area contributed by atoms with Gasteiger partial charge in [-0.15, -0.1) is 0 Å². The van der Waals surface area contributed by atoms with Crippen molar-refractivity contribution >= 4 is 0 Å². The predicted molar refractivity (Wildman–Crippen MR) is 73.3 cm³/mol. The molecule has 0 spiro atoms. The van der Waals surface area contributed by atoms with Gasteiger partial charge in [-0.2, -0.15) is 0 Å². The first-order chi connectivity index (χ1) is 8.25. The predicted octanol–water partition coefficient (Wildman–Crippen LogP) is 2.26. The number of hydrogen-bond acceptors (Lipinski definition) is 2. The van der Waals surface area contributed by atoms with E-state index in [9.17, 15) is 0 Å². The number of likely N-dealkylation sites (tertiary alicyclic amines) is 1. The summed E-state index contributed by atoms with van der Waals surface area (Å²) >= 11 is 0. The normalized spacial score (nSPS) is 18.8. The zero-order chi connectivity index (χ0) is 12.1. The highest BCUT2D eigenvalue weighted by molar-refractivity contribution is 5.14. The minimum Gasteiger partial charge on any atom is -0.306 e. The van der Waals surface area contributed by atoms with E-state index in [-0.39, 0.29) is 0 Å². The molecule has 1 aromatic rings. The molecule has 0 aromatic heterocycles. The van der Waals surface area contributed by atoms with Gasteiger partial charge in [-0.3, -0.25) is 0 Å². The van der Waals surface area contributed by atoms with Crippen LogP contribution in [0.15, 0.2) is 30.3 Å². The highest BCUT2D eigenvalue weighted by Gasteiger charge is 2.19. The number of rotatable bonds is 4. The van der Waals surface area contributed by atoms with Crippen molar-refractivity contribution in [2.45, 2.75) is 25.3 Å². The Hall–Kier alpha value is -0.860. The lowest BCUT2D eigenvalue weighted by Crippen LogP contribution is -2.42. The Morgan fingerprint density at radius 2 is 1.82 bits per heavy atom. The number of nitrogens with zero attached hydrogens (tertiary/aromatic N) is 2. The van der Waals surface area contributed by atoms with Gasteiger partial charge in [0.1, 0.15) is 0 Å². The molecule has 2 heteroatoms. The third-order valence-electron chi connectivity index (χ3n) is 3.91. The van der Waals surface area contributed by atoms with Crippen molar-refractivity contribution < 1.29 is 0 Å². The Balaban J connectivity index is 1.75. The van der Waals surface area contributed by atoms with Crippen LogP contribution >= 0.6 is 0 Å². The van der Waals surface area contributed by atoms with Crippen LogP contribution < -0.4 is 0 Å². The van der Waals surface area contributed by atoms with Crippen LogP contribution in [0.2, 0.25) is 0 Å². The third-order valence-corrected chi connectivity index (χ3v) is 3.91. The van der Waals surface area contributed by atoms with Crippen molar-refractivity contribution in [3.05, 3.63) is 35.9 Å².